The van der Waals surface area contributed by atoms with Gasteiger partial charge in [-0.1, -0.05) is 42.0 Å². The van der Waals surface area contributed by atoms with Gasteiger partial charge in [0.25, 0.3) is 5.56 Å². The number of benzene rings is 2. The lowest BCUT2D eigenvalue weighted by Crippen LogP contribution is -2.33. The summed E-state index contributed by atoms with van der Waals surface area (Å²) in [5.41, 5.74) is 2.96. The molecule has 182 valence electrons. The summed E-state index contributed by atoms with van der Waals surface area (Å²) in [7, 11) is 1.58. The van der Waals surface area contributed by atoms with Gasteiger partial charge in [0.1, 0.15) is 11.3 Å². The highest BCUT2D eigenvalue weighted by atomic mass is 19.1. The summed E-state index contributed by atoms with van der Waals surface area (Å²) in [6.07, 6.45) is 0.450. The van der Waals surface area contributed by atoms with Crippen LogP contribution in [0.2, 0.25) is 0 Å². The van der Waals surface area contributed by atoms with E-state index in [1.165, 1.54) is 16.7 Å². The molecule has 7 heteroatoms. The molecule has 0 bridgehead atoms. The van der Waals surface area contributed by atoms with Gasteiger partial charge in [-0.25, -0.2) is 9.18 Å². The molecule has 35 heavy (non-hydrogen) atoms. The quantitative estimate of drug-likeness (QED) is 0.402. The lowest BCUT2D eigenvalue weighted by atomic mass is 9.95. The number of carboxylic acids is 1. The third-order valence-corrected chi connectivity index (χ3v) is 5.91. The van der Waals surface area contributed by atoms with Crippen LogP contribution in [0.25, 0.3) is 22.0 Å². The van der Waals surface area contributed by atoms with Crippen LogP contribution in [0, 0.1) is 12.7 Å². The summed E-state index contributed by atoms with van der Waals surface area (Å²) in [4.78, 5) is 26.1. The number of aromatic nitrogens is 2. The van der Waals surface area contributed by atoms with E-state index in [1.807, 2.05) is 41.8 Å². The van der Waals surface area contributed by atoms with E-state index in [2.05, 4.69) is 0 Å². The van der Waals surface area contributed by atoms with Gasteiger partial charge in [0.15, 0.2) is 6.10 Å². The summed E-state index contributed by atoms with van der Waals surface area (Å²) in [6, 6.07) is 15.7. The van der Waals surface area contributed by atoms with Crippen molar-refractivity contribution >= 4 is 16.9 Å². The lowest BCUT2D eigenvalue weighted by Gasteiger charge is -2.28. The van der Waals surface area contributed by atoms with Gasteiger partial charge in [-0.2, -0.15) is 0 Å². The van der Waals surface area contributed by atoms with Crippen LogP contribution < -0.4 is 5.56 Å². The zero-order valence-electron chi connectivity index (χ0n) is 20.5. The van der Waals surface area contributed by atoms with Crippen LogP contribution in [0.5, 0.6) is 0 Å². The van der Waals surface area contributed by atoms with E-state index in [1.54, 1.807) is 46.1 Å². The number of carbonyl (C=O) groups is 1. The molecule has 0 aliphatic carbocycles. The van der Waals surface area contributed by atoms with Crippen molar-refractivity contribution in [2.45, 2.75) is 45.9 Å². The Morgan fingerprint density at radius 2 is 1.69 bits per heavy atom. The van der Waals surface area contributed by atoms with E-state index in [0.717, 1.165) is 16.7 Å². The fourth-order valence-electron chi connectivity index (χ4n) is 4.31. The predicted octanol–water partition coefficient (Wildman–Crippen LogP) is 5.44. The number of ether oxygens (including phenoxy) is 1. The average Bonchev–Trinajstić information content (AvgIpc) is 3.19. The molecule has 0 spiro atoms. The number of hydrogen-bond acceptors (Lipinski definition) is 3. The topological polar surface area (TPSA) is 73.5 Å². The van der Waals surface area contributed by atoms with Gasteiger partial charge in [-0.3, -0.25) is 4.79 Å². The number of fused-ring (bicyclic) bond motifs is 1. The van der Waals surface area contributed by atoms with Crippen molar-refractivity contribution in [1.29, 1.82) is 0 Å². The van der Waals surface area contributed by atoms with E-state index < -0.39 is 17.7 Å². The second-order valence-corrected chi connectivity index (χ2v) is 9.77. The number of pyridine rings is 1. The molecule has 4 rings (SSSR count). The highest BCUT2D eigenvalue weighted by Gasteiger charge is 2.33. The van der Waals surface area contributed by atoms with Crippen molar-refractivity contribution in [3.8, 4) is 11.1 Å². The van der Waals surface area contributed by atoms with Gasteiger partial charge in [0.05, 0.1) is 11.3 Å². The number of nitrogens with zero attached hydrogens (tertiary/aromatic N) is 2. The van der Waals surface area contributed by atoms with E-state index in [9.17, 15) is 19.1 Å². The fourth-order valence-corrected chi connectivity index (χ4v) is 4.31. The van der Waals surface area contributed by atoms with Crippen molar-refractivity contribution in [3.05, 3.63) is 93.8 Å². The minimum absolute atomic E-state index is 0.285. The van der Waals surface area contributed by atoms with Gasteiger partial charge in [0, 0.05) is 30.7 Å². The van der Waals surface area contributed by atoms with Gasteiger partial charge in [-0.15, -0.1) is 0 Å². The minimum Gasteiger partial charge on any atom is -0.479 e. The number of rotatable bonds is 6. The summed E-state index contributed by atoms with van der Waals surface area (Å²) >= 11 is 0. The van der Waals surface area contributed by atoms with E-state index in [4.69, 9.17) is 4.74 Å². The number of aryl methyl sites for hydroxylation is 1. The number of aliphatic carboxylic acids is 1. The minimum atomic E-state index is -1.35. The van der Waals surface area contributed by atoms with Crippen molar-refractivity contribution in [2.75, 3.05) is 0 Å². The first-order valence-corrected chi connectivity index (χ1v) is 11.4. The largest absolute Gasteiger partial charge is 0.479 e. The highest BCUT2D eigenvalue weighted by molar-refractivity contribution is 5.98. The molecule has 1 N–H and O–H groups in total. The fraction of sp³-hybridized carbons (Fsp3) is 0.286. The van der Waals surface area contributed by atoms with Crippen molar-refractivity contribution in [1.82, 2.24) is 9.13 Å². The van der Waals surface area contributed by atoms with Crippen LogP contribution >= 0.6 is 0 Å². The Bertz CT molecular complexity index is 1440. The smallest absolute Gasteiger partial charge is 0.339 e. The van der Waals surface area contributed by atoms with Crippen LogP contribution in [0.4, 0.5) is 4.39 Å². The molecule has 0 radical (unpaired) electrons. The average molecular weight is 477 g/mol. The molecule has 4 aromatic rings. The molecule has 1 atom stereocenters. The van der Waals surface area contributed by atoms with Crippen LogP contribution in [-0.4, -0.2) is 25.8 Å². The van der Waals surface area contributed by atoms with E-state index in [0.29, 0.717) is 23.0 Å². The predicted molar refractivity (Wildman–Crippen MR) is 134 cm³/mol. The maximum absolute atomic E-state index is 13.6. The summed E-state index contributed by atoms with van der Waals surface area (Å²) in [5, 5.41) is 10.8. The molecule has 1 unspecified atom stereocenters. The molecule has 6 nitrogen and oxygen atoms in total. The Kier molecular flexibility index (Phi) is 6.38. The van der Waals surface area contributed by atoms with Crippen LogP contribution in [0.1, 0.15) is 43.7 Å². The number of hydrogen-bond donors (Lipinski definition) is 1. The second kappa shape index (κ2) is 9.15. The third-order valence-electron chi connectivity index (χ3n) is 5.91. The second-order valence-electron chi connectivity index (χ2n) is 9.77. The van der Waals surface area contributed by atoms with Crippen LogP contribution in [0.15, 0.2) is 65.6 Å². The molecule has 0 amide bonds. The van der Waals surface area contributed by atoms with Crippen molar-refractivity contribution < 1.29 is 19.0 Å². The van der Waals surface area contributed by atoms with Crippen molar-refractivity contribution in [3.63, 3.8) is 0 Å². The first kappa shape index (κ1) is 24.4. The zero-order chi connectivity index (χ0) is 25.5. The molecule has 0 saturated carbocycles. The van der Waals surface area contributed by atoms with Crippen LogP contribution in [0.3, 0.4) is 0 Å². The maximum Gasteiger partial charge on any atom is 0.339 e. The summed E-state index contributed by atoms with van der Waals surface area (Å²) in [5.74, 6) is -1.50. The number of carboxylic acid groups (broad SMARTS) is 1. The highest BCUT2D eigenvalue weighted by Crippen LogP contribution is 2.37. The number of halogens is 1. The standard InChI is InChI=1S/C28H29FN2O4/c1-17-6-10-19(11-7-17)22-21-14-15-31(16-18-8-12-20(29)13-9-18)23(21)26(32)30(5)24(22)25(27(33)34)35-28(2,3)4/h6-15,25H,16H2,1-5H3,(H,33,34). The first-order chi connectivity index (χ1) is 16.5. The molecule has 0 aliphatic rings. The van der Waals surface area contributed by atoms with Gasteiger partial charge >= 0.3 is 5.97 Å². The Morgan fingerprint density at radius 3 is 2.26 bits per heavy atom. The molecule has 2 heterocycles. The SMILES string of the molecule is Cc1ccc(-c2c(C(OC(C)(C)C)C(=O)O)n(C)c(=O)c3c2ccn3Cc2ccc(F)cc2)cc1. The van der Waals surface area contributed by atoms with Gasteiger partial charge in [0.2, 0.25) is 0 Å². The van der Waals surface area contributed by atoms with Crippen LogP contribution in [-0.2, 0) is 23.1 Å². The normalized spacial score (nSPS) is 12.7. The summed E-state index contributed by atoms with van der Waals surface area (Å²) in [6.45, 7) is 7.69. The molecule has 0 aliphatic heterocycles. The van der Waals surface area contributed by atoms with Crippen molar-refractivity contribution in [2.24, 2.45) is 7.05 Å². The van der Waals surface area contributed by atoms with E-state index in [-0.39, 0.29) is 17.1 Å². The summed E-state index contributed by atoms with van der Waals surface area (Å²) < 4.78 is 22.5. The first-order valence-electron chi connectivity index (χ1n) is 11.4. The Hall–Kier alpha value is -3.71. The third kappa shape index (κ3) is 4.91. The Balaban J connectivity index is 2.02. The molecule has 0 fully saturated rings. The molecular formula is C28H29FN2O4. The zero-order valence-corrected chi connectivity index (χ0v) is 20.5. The molecule has 2 aromatic heterocycles. The Morgan fingerprint density at radius 1 is 1.06 bits per heavy atom. The van der Waals surface area contributed by atoms with E-state index >= 15 is 0 Å². The monoisotopic (exact) mass is 476 g/mol. The Labute approximate surface area is 203 Å². The van der Waals surface area contributed by atoms with Gasteiger partial charge < -0.3 is 19.0 Å². The lowest BCUT2D eigenvalue weighted by molar-refractivity contribution is -0.161. The molecule has 2 aromatic carbocycles. The molecular weight excluding hydrogens is 447 g/mol. The van der Waals surface area contributed by atoms with Gasteiger partial charge in [-0.05, 0) is 57.0 Å². The maximum atomic E-state index is 13.6. The molecule has 0 saturated heterocycles.